The average molecular weight is 463 g/mol. The van der Waals surface area contributed by atoms with Crippen LogP contribution in [0.3, 0.4) is 0 Å². The van der Waals surface area contributed by atoms with E-state index in [0.717, 1.165) is 18.4 Å². The molecule has 0 aromatic heterocycles. The molecule has 0 radical (unpaired) electrons. The van der Waals surface area contributed by atoms with Crippen LogP contribution in [-0.4, -0.2) is 35.9 Å². The van der Waals surface area contributed by atoms with E-state index in [0.29, 0.717) is 35.4 Å². The molecule has 0 saturated carbocycles. The van der Waals surface area contributed by atoms with Crippen LogP contribution >= 0.6 is 0 Å². The molecule has 0 unspecified atom stereocenters. The standard InChI is InChI=1S/C27H30N2O5/c1-20-15-24(30)17-22-16-23(13-9-4-2-3-5-10-14-33-27(32)26(20)22)29-34-19-25(31)28-18-21-11-7-6-8-12-21/h3,5-9,11-13,15,17,30H,2,4,10,14,16,18-19H2,1H3,(H,28,31)/b5-3+,13-9+,29-23+. The van der Waals surface area contributed by atoms with E-state index >= 15 is 0 Å². The van der Waals surface area contributed by atoms with E-state index in [1.807, 2.05) is 54.6 Å². The van der Waals surface area contributed by atoms with Crippen molar-refractivity contribution in [2.75, 3.05) is 13.2 Å². The zero-order chi connectivity index (χ0) is 24.2. The summed E-state index contributed by atoms with van der Waals surface area (Å²) in [5.74, 6) is -0.680. The van der Waals surface area contributed by atoms with Crippen LogP contribution in [0.25, 0.3) is 0 Å². The number of phenols is 1. The highest BCUT2D eigenvalue weighted by Gasteiger charge is 2.18. The van der Waals surface area contributed by atoms with Gasteiger partial charge in [-0.1, -0.05) is 53.7 Å². The molecule has 1 amide bonds. The second-order valence-electron chi connectivity index (χ2n) is 7.97. The van der Waals surface area contributed by atoms with E-state index in [4.69, 9.17) is 9.57 Å². The molecule has 3 rings (SSSR count). The number of oxime groups is 1. The van der Waals surface area contributed by atoms with Crippen LogP contribution in [0.15, 0.2) is 71.9 Å². The molecule has 7 nitrogen and oxygen atoms in total. The van der Waals surface area contributed by atoms with Crippen molar-refractivity contribution in [2.45, 2.75) is 39.2 Å². The lowest BCUT2D eigenvalue weighted by atomic mass is 9.96. The molecule has 0 bridgehead atoms. The van der Waals surface area contributed by atoms with Crippen molar-refractivity contribution in [2.24, 2.45) is 5.16 Å². The first-order valence-electron chi connectivity index (χ1n) is 11.3. The van der Waals surface area contributed by atoms with Crippen molar-refractivity contribution >= 4 is 17.6 Å². The van der Waals surface area contributed by atoms with Gasteiger partial charge in [0.2, 0.25) is 0 Å². The number of cyclic esters (lactones) is 1. The third kappa shape index (κ3) is 7.92. The number of rotatable bonds is 5. The van der Waals surface area contributed by atoms with Crippen LogP contribution in [0.1, 0.15) is 46.3 Å². The number of benzene rings is 2. The van der Waals surface area contributed by atoms with E-state index < -0.39 is 5.97 Å². The van der Waals surface area contributed by atoms with Gasteiger partial charge in [0, 0.05) is 13.0 Å². The Morgan fingerprint density at radius 3 is 2.71 bits per heavy atom. The van der Waals surface area contributed by atoms with Crippen molar-refractivity contribution < 1.29 is 24.3 Å². The molecule has 34 heavy (non-hydrogen) atoms. The first-order valence-corrected chi connectivity index (χ1v) is 11.3. The molecule has 1 aliphatic rings. The van der Waals surface area contributed by atoms with Crippen molar-refractivity contribution in [1.82, 2.24) is 5.32 Å². The van der Waals surface area contributed by atoms with E-state index in [1.54, 1.807) is 6.92 Å². The fraction of sp³-hybridized carbons (Fsp3) is 0.296. The number of esters is 1. The molecule has 0 spiro atoms. The summed E-state index contributed by atoms with van der Waals surface area (Å²) in [7, 11) is 0. The lowest BCUT2D eigenvalue weighted by Gasteiger charge is -2.13. The number of aryl methyl sites for hydroxylation is 1. The Morgan fingerprint density at radius 2 is 1.88 bits per heavy atom. The van der Waals surface area contributed by atoms with Gasteiger partial charge in [-0.3, -0.25) is 4.79 Å². The van der Waals surface area contributed by atoms with E-state index in [9.17, 15) is 14.7 Å². The lowest BCUT2D eigenvalue weighted by molar-refractivity contribution is -0.125. The van der Waals surface area contributed by atoms with E-state index in [1.165, 1.54) is 12.1 Å². The predicted octanol–water partition coefficient (Wildman–Crippen LogP) is 4.39. The smallest absolute Gasteiger partial charge is 0.338 e. The van der Waals surface area contributed by atoms with Gasteiger partial charge in [0.05, 0.1) is 17.9 Å². The number of allylic oxidation sites excluding steroid dienone is 3. The van der Waals surface area contributed by atoms with Gasteiger partial charge >= 0.3 is 5.97 Å². The number of nitrogens with one attached hydrogen (secondary N) is 1. The average Bonchev–Trinajstić information content (AvgIpc) is 2.81. The van der Waals surface area contributed by atoms with Crippen molar-refractivity contribution in [3.05, 3.63) is 89.0 Å². The maximum absolute atomic E-state index is 12.7. The topological polar surface area (TPSA) is 97.2 Å². The molecule has 1 aliphatic heterocycles. The maximum atomic E-state index is 12.7. The number of fused-ring (bicyclic) bond motifs is 1. The van der Waals surface area contributed by atoms with Gasteiger partial charge in [0.1, 0.15) is 5.75 Å². The summed E-state index contributed by atoms with van der Waals surface area (Å²) >= 11 is 0. The molecule has 0 atom stereocenters. The number of aromatic hydroxyl groups is 1. The van der Waals surface area contributed by atoms with Gasteiger partial charge in [0.15, 0.2) is 6.61 Å². The van der Waals surface area contributed by atoms with E-state index in [2.05, 4.69) is 10.5 Å². The van der Waals surface area contributed by atoms with Gasteiger partial charge in [0.25, 0.3) is 5.91 Å². The molecule has 1 heterocycles. The number of hydrogen-bond donors (Lipinski definition) is 2. The zero-order valence-electron chi connectivity index (χ0n) is 19.3. The number of ether oxygens (including phenoxy) is 1. The molecule has 178 valence electrons. The van der Waals surface area contributed by atoms with Crippen LogP contribution in [0.5, 0.6) is 5.75 Å². The SMILES string of the molecule is Cc1cc(O)cc2c1C(=O)OCC/C=C/CC/C=C/C(=N\OCC(=O)NCc1ccccc1)C2. The Kier molecular flexibility index (Phi) is 9.46. The summed E-state index contributed by atoms with van der Waals surface area (Å²) in [6, 6.07) is 12.7. The van der Waals surface area contributed by atoms with Crippen LogP contribution in [0.4, 0.5) is 0 Å². The van der Waals surface area contributed by atoms with Crippen molar-refractivity contribution in [3.8, 4) is 5.75 Å². The largest absolute Gasteiger partial charge is 0.508 e. The first kappa shape index (κ1) is 24.8. The molecule has 7 heteroatoms. The number of phenolic OH excluding ortho intramolecular Hbond substituents is 1. The number of carbonyl (C=O) groups is 2. The number of hydrogen-bond acceptors (Lipinski definition) is 6. The van der Waals surface area contributed by atoms with Gasteiger partial charge in [-0.15, -0.1) is 0 Å². The Morgan fingerprint density at radius 1 is 1.12 bits per heavy atom. The Hall–Kier alpha value is -3.87. The third-order valence-electron chi connectivity index (χ3n) is 5.18. The highest BCUT2D eigenvalue weighted by molar-refractivity contribution is 6.00. The summed E-state index contributed by atoms with van der Waals surface area (Å²) in [4.78, 5) is 30.2. The molecular formula is C27H30N2O5. The minimum absolute atomic E-state index is 0.0534. The van der Waals surface area contributed by atoms with Crippen molar-refractivity contribution in [3.63, 3.8) is 0 Å². The van der Waals surface area contributed by atoms with Crippen LogP contribution in [0, 0.1) is 6.92 Å². The Balaban J connectivity index is 1.73. The molecule has 2 N–H and O–H groups in total. The minimum atomic E-state index is -0.442. The summed E-state index contributed by atoms with van der Waals surface area (Å²) in [6.07, 6.45) is 10.4. The van der Waals surface area contributed by atoms with Crippen LogP contribution in [0.2, 0.25) is 0 Å². The third-order valence-corrected chi connectivity index (χ3v) is 5.18. The van der Waals surface area contributed by atoms with Crippen LogP contribution < -0.4 is 5.32 Å². The summed E-state index contributed by atoms with van der Waals surface area (Å²) in [5.41, 5.74) is 3.11. The van der Waals surface area contributed by atoms with Gasteiger partial charge in [-0.25, -0.2) is 4.79 Å². The summed E-state index contributed by atoms with van der Waals surface area (Å²) in [5, 5.41) is 17.0. The van der Waals surface area contributed by atoms with Gasteiger partial charge in [-0.2, -0.15) is 0 Å². The summed E-state index contributed by atoms with van der Waals surface area (Å²) < 4.78 is 5.43. The van der Waals surface area contributed by atoms with Crippen LogP contribution in [-0.2, 0) is 27.3 Å². The quantitative estimate of drug-likeness (QED) is 0.390. The molecular weight excluding hydrogens is 432 g/mol. The Bertz CT molecular complexity index is 1070. The normalized spacial score (nSPS) is 17.7. The second kappa shape index (κ2) is 13.0. The Labute approximate surface area is 199 Å². The highest BCUT2D eigenvalue weighted by atomic mass is 16.6. The number of amides is 1. The van der Waals surface area contributed by atoms with E-state index in [-0.39, 0.29) is 31.3 Å². The summed E-state index contributed by atoms with van der Waals surface area (Å²) in [6.45, 7) is 2.21. The predicted molar refractivity (Wildman–Crippen MR) is 131 cm³/mol. The number of carbonyl (C=O) groups excluding carboxylic acids is 2. The minimum Gasteiger partial charge on any atom is -0.508 e. The maximum Gasteiger partial charge on any atom is 0.338 e. The molecule has 2 aromatic carbocycles. The first-order chi connectivity index (χ1) is 16.5. The van der Waals surface area contributed by atoms with Crippen molar-refractivity contribution in [1.29, 1.82) is 0 Å². The monoisotopic (exact) mass is 462 g/mol. The zero-order valence-corrected chi connectivity index (χ0v) is 19.3. The highest BCUT2D eigenvalue weighted by Crippen LogP contribution is 2.24. The molecule has 0 fully saturated rings. The second-order valence-corrected chi connectivity index (χ2v) is 7.97. The number of nitrogens with zero attached hydrogens (tertiary/aromatic N) is 1. The lowest BCUT2D eigenvalue weighted by Crippen LogP contribution is -2.26. The molecule has 2 aromatic rings. The fourth-order valence-corrected chi connectivity index (χ4v) is 3.55. The molecule has 0 saturated heterocycles. The van der Waals surface area contributed by atoms with Gasteiger partial charge < -0.3 is 20.0 Å². The molecule has 0 aliphatic carbocycles. The van der Waals surface area contributed by atoms with Gasteiger partial charge in [-0.05, 0) is 61.1 Å². The fourth-order valence-electron chi connectivity index (χ4n) is 3.55.